The van der Waals surface area contributed by atoms with Crippen molar-refractivity contribution in [3.63, 3.8) is 0 Å². The summed E-state index contributed by atoms with van der Waals surface area (Å²) in [5.41, 5.74) is 0. The average molecular weight is 182 g/mol. The van der Waals surface area contributed by atoms with E-state index in [4.69, 9.17) is 9.47 Å². The van der Waals surface area contributed by atoms with Gasteiger partial charge in [0.15, 0.2) is 12.0 Å². The zero-order chi connectivity index (χ0) is 9.90. The molecule has 0 amide bonds. The predicted molar refractivity (Wildman–Crippen MR) is 44.5 cm³/mol. The number of carbonyl (C=O) groups is 2. The van der Waals surface area contributed by atoms with Crippen molar-refractivity contribution < 1.29 is 19.1 Å². The zero-order valence-corrected chi connectivity index (χ0v) is 7.44. The Morgan fingerprint density at radius 3 is 2.54 bits per heavy atom. The average Bonchev–Trinajstić information content (AvgIpc) is 2.02. The van der Waals surface area contributed by atoms with Crippen LogP contribution in [0.5, 0.6) is 0 Å². The zero-order valence-electron chi connectivity index (χ0n) is 7.44. The molecule has 0 radical (unpaired) electrons. The molecule has 0 unspecified atom stereocenters. The van der Waals surface area contributed by atoms with E-state index in [1.807, 2.05) is 0 Å². The van der Waals surface area contributed by atoms with Crippen molar-refractivity contribution in [2.45, 2.75) is 19.6 Å². The van der Waals surface area contributed by atoms with Gasteiger partial charge in [-0.2, -0.15) is 0 Å². The molecule has 0 atom stereocenters. The topological polar surface area (TPSA) is 52.6 Å². The molecule has 0 aromatic carbocycles. The summed E-state index contributed by atoms with van der Waals surface area (Å²) in [6.45, 7) is 3.31. The summed E-state index contributed by atoms with van der Waals surface area (Å²) < 4.78 is 10.3. The summed E-state index contributed by atoms with van der Waals surface area (Å²) in [7, 11) is 0. The number of aldehydes is 2. The van der Waals surface area contributed by atoms with Crippen LogP contribution in [0.1, 0.15) is 13.8 Å². The Kier molecular flexibility index (Phi) is 2.51. The lowest BCUT2D eigenvalue weighted by Crippen LogP contribution is -2.31. The predicted octanol–water partition coefficient (Wildman–Crippen LogP) is 0.935. The first-order valence-electron chi connectivity index (χ1n) is 3.78. The number of hydrogen-bond donors (Lipinski definition) is 0. The van der Waals surface area contributed by atoms with E-state index in [1.165, 1.54) is 12.2 Å². The molecule has 0 saturated heterocycles. The second-order valence-corrected chi connectivity index (χ2v) is 2.97. The highest BCUT2D eigenvalue weighted by Gasteiger charge is 2.27. The summed E-state index contributed by atoms with van der Waals surface area (Å²) in [5.74, 6) is -0.419. The number of hydrogen-bond acceptors (Lipinski definition) is 4. The van der Waals surface area contributed by atoms with Gasteiger partial charge in [-0.1, -0.05) is 0 Å². The van der Waals surface area contributed by atoms with E-state index in [1.54, 1.807) is 13.8 Å². The first-order valence-corrected chi connectivity index (χ1v) is 3.78. The Hall–Kier alpha value is -1.58. The summed E-state index contributed by atoms with van der Waals surface area (Å²) >= 11 is 0. The molecule has 70 valence electrons. The van der Waals surface area contributed by atoms with Gasteiger partial charge in [-0.25, -0.2) is 0 Å². The minimum atomic E-state index is -0.903. The molecule has 0 bridgehead atoms. The van der Waals surface area contributed by atoms with Gasteiger partial charge in [0, 0.05) is 26.0 Å². The molecule has 13 heavy (non-hydrogen) atoms. The van der Waals surface area contributed by atoms with E-state index in [0.29, 0.717) is 18.3 Å². The molecule has 0 aromatic heterocycles. The maximum atomic E-state index is 10.4. The van der Waals surface area contributed by atoms with Crippen LogP contribution >= 0.6 is 0 Å². The fourth-order valence-electron chi connectivity index (χ4n) is 0.995. The van der Waals surface area contributed by atoms with Crippen LogP contribution in [0.15, 0.2) is 23.7 Å². The first kappa shape index (κ1) is 9.51. The molecule has 4 nitrogen and oxygen atoms in total. The largest absolute Gasteiger partial charge is 0.453 e. The van der Waals surface area contributed by atoms with Gasteiger partial charge in [-0.3, -0.25) is 9.59 Å². The van der Waals surface area contributed by atoms with E-state index in [-0.39, 0.29) is 5.76 Å². The lowest BCUT2D eigenvalue weighted by atomic mass is 10.3. The molecule has 1 aliphatic heterocycles. The van der Waals surface area contributed by atoms with Crippen LogP contribution in [0, 0.1) is 0 Å². The SMILES string of the molecule is CC1(C)OC(=CC=O)C=C(C=O)O1. The Labute approximate surface area is 75.8 Å². The van der Waals surface area contributed by atoms with Crippen LogP contribution < -0.4 is 0 Å². The molecular weight excluding hydrogens is 172 g/mol. The molecule has 0 spiro atoms. The molecule has 4 heteroatoms. The Bertz CT molecular complexity index is 286. The second kappa shape index (κ2) is 3.43. The molecule has 1 aliphatic rings. The van der Waals surface area contributed by atoms with Gasteiger partial charge in [-0.05, 0) is 0 Å². The van der Waals surface area contributed by atoms with Crippen molar-refractivity contribution >= 4 is 12.6 Å². The summed E-state index contributed by atoms with van der Waals surface area (Å²) in [5, 5.41) is 0. The van der Waals surface area contributed by atoms with E-state index < -0.39 is 5.79 Å². The van der Waals surface area contributed by atoms with E-state index in [0.717, 1.165) is 0 Å². The van der Waals surface area contributed by atoms with E-state index >= 15 is 0 Å². The number of rotatable bonds is 2. The lowest BCUT2D eigenvalue weighted by Gasteiger charge is -2.31. The minimum Gasteiger partial charge on any atom is -0.453 e. The number of carbonyl (C=O) groups excluding carboxylic acids is 2. The van der Waals surface area contributed by atoms with Crippen molar-refractivity contribution in [1.82, 2.24) is 0 Å². The fourth-order valence-corrected chi connectivity index (χ4v) is 0.995. The van der Waals surface area contributed by atoms with Crippen LogP contribution in [0.4, 0.5) is 0 Å². The van der Waals surface area contributed by atoms with Crippen LogP contribution in [-0.2, 0) is 19.1 Å². The van der Waals surface area contributed by atoms with Crippen LogP contribution in [-0.4, -0.2) is 18.4 Å². The highest BCUT2D eigenvalue weighted by Crippen LogP contribution is 2.25. The number of allylic oxidation sites excluding steroid dienone is 3. The minimum absolute atomic E-state index is 0.157. The molecule has 0 N–H and O–H groups in total. The quantitative estimate of drug-likeness (QED) is 0.471. The summed E-state index contributed by atoms with van der Waals surface area (Å²) in [6, 6.07) is 0. The molecule has 0 fully saturated rings. The van der Waals surface area contributed by atoms with Crippen molar-refractivity contribution in [3.05, 3.63) is 23.7 Å². The Balaban J connectivity index is 2.96. The van der Waals surface area contributed by atoms with Gasteiger partial charge in [0.1, 0.15) is 12.0 Å². The lowest BCUT2D eigenvalue weighted by molar-refractivity contribution is -0.174. The molecule has 0 aromatic rings. The van der Waals surface area contributed by atoms with Crippen LogP contribution in [0.25, 0.3) is 0 Å². The van der Waals surface area contributed by atoms with Gasteiger partial charge < -0.3 is 9.47 Å². The van der Waals surface area contributed by atoms with Gasteiger partial charge in [-0.15, -0.1) is 0 Å². The molecule has 0 saturated carbocycles. The fraction of sp³-hybridized carbons (Fsp3) is 0.333. The third-order valence-corrected chi connectivity index (χ3v) is 1.36. The molecule has 0 aliphatic carbocycles. The second-order valence-electron chi connectivity index (χ2n) is 2.97. The Morgan fingerprint density at radius 1 is 1.31 bits per heavy atom. The van der Waals surface area contributed by atoms with E-state index in [2.05, 4.69) is 0 Å². The molecular formula is C9H10O4. The smallest absolute Gasteiger partial charge is 0.245 e. The van der Waals surface area contributed by atoms with Crippen LogP contribution in [0.2, 0.25) is 0 Å². The van der Waals surface area contributed by atoms with Gasteiger partial charge in [0.05, 0.1) is 0 Å². The monoisotopic (exact) mass is 182 g/mol. The standard InChI is InChI=1S/C9H10O4/c1-9(2)12-7(3-4-10)5-8(6-11)13-9/h3-6H,1-2H3. The first-order chi connectivity index (χ1) is 6.07. The van der Waals surface area contributed by atoms with Crippen molar-refractivity contribution in [3.8, 4) is 0 Å². The Morgan fingerprint density at radius 2 is 2.00 bits per heavy atom. The van der Waals surface area contributed by atoms with Crippen LogP contribution in [0.3, 0.4) is 0 Å². The maximum absolute atomic E-state index is 10.4. The maximum Gasteiger partial charge on any atom is 0.245 e. The van der Waals surface area contributed by atoms with E-state index in [9.17, 15) is 9.59 Å². The van der Waals surface area contributed by atoms with Crippen molar-refractivity contribution in [2.24, 2.45) is 0 Å². The summed E-state index contributed by atoms with van der Waals surface area (Å²) in [6.07, 6.45) is 3.76. The van der Waals surface area contributed by atoms with Gasteiger partial charge in [0.2, 0.25) is 5.79 Å². The third-order valence-electron chi connectivity index (χ3n) is 1.36. The van der Waals surface area contributed by atoms with Gasteiger partial charge >= 0.3 is 0 Å². The van der Waals surface area contributed by atoms with Crippen molar-refractivity contribution in [2.75, 3.05) is 0 Å². The van der Waals surface area contributed by atoms with Gasteiger partial charge in [0.25, 0.3) is 0 Å². The highest BCUT2D eigenvalue weighted by molar-refractivity contribution is 5.73. The number of ether oxygens (including phenoxy) is 2. The molecule has 1 rings (SSSR count). The normalized spacial score (nSPS) is 22.6. The molecule has 1 heterocycles. The summed E-state index contributed by atoms with van der Waals surface area (Å²) in [4.78, 5) is 20.6. The van der Waals surface area contributed by atoms with Crippen molar-refractivity contribution in [1.29, 1.82) is 0 Å². The third kappa shape index (κ3) is 2.43. The highest BCUT2D eigenvalue weighted by atomic mass is 16.7.